The number of carbonyl (C=O) groups is 1. The number of hydrogen-bond donors (Lipinski definition) is 1. The Bertz CT molecular complexity index is 650. The van der Waals surface area contributed by atoms with Crippen molar-refractivity contribution < 1.29 is 9.53 Å². The number of ether oxygens (including phenoxy) is 1. The van der Waals surface area contributed by atoms with Crippen LogP contribution in [0.2, 0.25) is 0 Å². The van der Waals surface area contributed by atoms with Gasteiger partial charge >= 0.3 is 0 Å². The molecular formula is C14H21N5O2S. The van der Waals surface area contributed by atoms with Crippen LogP contribution >= 0.6 is 11.5 Å². The molecule has 2 rings (SSSR count). The van der Waals surface area contributed by atoms with Crippen molar-refractivity contribution in [2.24, 2.45) is 0 Å². The largest absolute Gasteiger partial charge is 0.383 e. The van der Waals surface area contributed by atoms with Crippen molar-refractivity contribution in [1.29, 1.82) is 0 Å². The van der Waals surface area contributed by atoms with Crippen LogP contribution in [0.1, 0.15) is 39.2 Å². The second kappa shape index (κ2) is 7.46. The number of methoxy groups -OCH3 is 1. The highest BCUT2D eigenvalue weighted by Gasteiger charge is 2.17. The molecule has 1 N–H and O–H groups in total. The lowest BCUT2D eigenvalue weighted by molar-refractivity contribution is 0.0954. The minimum Gasteiger partial charge on any atom is -0.383 e. The van der Waals surface area contributed by atoms with E-state index in [1.54, 1.807) is 7.11 Å². The van der Waals surface area contributed by atoms with Gasteiger partial charge in [-0.1, -0.05) is 11.4 Å². The highest BCUT2D eigenvalue weighted by atomic mass is 32.1. The lowest BCUT2D eigenvalue weighted by Crippen LogP contribution is -2.23. The minimum atomic E-state index is -0.129. The minimum absolute atomic E-state index is 0.129. The van der Waals surface area contributed by atoms with Crippen LogP contribution in [0.5, 0.6) is 0 Å². The zero-order valence-corrected chi connectivity index (χ0v) is 14.2. The molecular weight excluding hydrogens is 302 g/mol. The fourth-order valence-corrected chi connectivity index (χ4v) is 2.91. The predicted molar refractivity (Wildman–Crippen MR) is 84.0 cm³/mol. The number of nitrogens with zero attached hydrogens (tertiary/aromatic N) is 4. The third-order valence-corrected chi connectivity index (χ3v) is 4.33. The molecule has 2 aromatic rings. The summed E-state index contributed by atoms with van der Waals surface area (Å²) in [7, 11) is 1.67. The number of hydrogen-bond acceptors (Lipinski definition) is 6. The molecule has 22 heavy (non-hydrogen) atoms. The van der Waals surface area contributed by atoms with Gasteiger partial charge in [0.05, 0.1) is 24.5 Å². The summed E-state index contributed by atoms with van der Waals surface area (Å²) in [5, 5.41) is 11.4. The van der Waals surface area contributed by atoms with E-state index in [0.29, 0.717) is 31.0 Å². The van der Waals surface area contributed by atoms with Crippen LogP contribution in [-0.4, -0.2) is 39.0 Å². The van der Waals surface area contributed by atoms with Gasteiger partial charge in [0.2, 0.25) is 0 Å². The average molecular weight is 323 g/mol. The Labute approximate surface area is 133 Å². The lowest BCUT2D eigenvalue weighted by Gasteiger charge is -2.06. The summed E-state index contributed by atoms with van der Waals surface area (Å²) >= 11 is 1.13. The number of amides is 1. The highest BCUT2D eigenvalue weighted by molar-refractivity contribution is 7.08. The molecule has 0 aromatic carbocycles. The molecule has 0 spiro atoms. The van der Waals surface area contributed by atoms with Crippen molar-refractivity contribution in [1.82, 2.24) is 24.7 Å². The Morgan fingerprint density at radius 3 is 2.86 bits per heavy atom. The van der Waals surface area contributed by atoms with Crippen molar-refractivity contribution in [2.75, 3.05) is 13.7 Å². The third kappa shape index (κ3) is 3.50. The van der Waals surface area contributed by atoms with Crippen LogP contribution in [0.25, 0.3) is 0 Å². The van der Waals surface area contributed by atoms with Crippen molar-refractivity contribution in [2.45, 2.75) is 40.3 Å². The molecule has 0 bridgehead atoms. The second-order valence-electron chi connectivity index (χ2n) is 4.95. The number of nitrogens with one attached hydrogen (secondary N) is 1. The monoisotopic (exact) mass is 323 g/mol. The molecule has 120 valence electrons. The number of carbonyl (C=O) groups excluding carboxylic acids is 1. The van der Waals surface area contributed by atoms with E-state index in [1.165, 1.54) is 0 Å². The van der Waals surface area contributed by atoms with Crippen LogP contribution in [0.3, 0.4) is 0 Å². The molecule has 0 atom stereocenters. The Morgan fingerprint density at radius 2 is 2.18 bits per heavy atom. The first-order valence-electron chi connectivity index (χ1n) is 7.19. The first-order chi connectivity index (χ1) is 10.6. The fourth-order valence-electron chi connectivity index (χ4n) is 2.25. The fraction of sp³-hybridized carbons (Fsp3) is 0.571. The number of aromatic nitrogens is 4. The molecule has 1 amide bonds. The Balaban J connectivity index is 2.05. The Hall–Kier alpha value is -1.80. The second-order valence-corrected chi connectivity index (χ2v) is 5.70. The van der Waals surface area contributed by atoms with E-state index in [0.717, 1.165) is 34.2 Å². The van der Waals surface area contributed by atoms with Crippen LogP contribution in [0.15, 0.2) is 0 Å². The van der Waals surface area contributed by atoms with Crippen molar-refractivity contribution in [3.05, 3.63) is 27.5 Å². The SMILES string of the molecule is CCc1nnsc1C(=O)NCc1c(C)nn(CCOC)c1C. The van der Waals surface area contributed by atoms with E-state index >= 15 is 0 Å². The first kappa shape index (κ1) is 16.6. The molecule has 0 saturated carbocycles. The molecule has 0 saturated heterocycles. The van der Waals surface area contributed by atoms with E-state index in [4.69, 9.17) is 4.74 Å². The maximum absolute atomic E-state index is 12.2. The van der Waals surface area contributed by atoms with Crippen LogP contribution < -0.4 is 5.32 Å². The zero-order chi connectivity index (χ0) is 16.1. The van der Waals surface area contributed by atoms with E-state index in [9.17, 15) is 4.79 Å². The van der Waals surface area contributed by atoms with Gasteiger partial charge in [0, 0.05) is 24.9 Å². The summed E-state index contributed by atoms with van der Waals surface area (Å²) in [5.41, 5.74) is 3.76. The van der Waals surface area contributed by atoms with Crippen molar-refractivity contribution in [3.8, 4) is 0 Å². The molecule has 0 aliphatic heterocycles. The number of aryl methyl sites for hydroxylation is 2. The van der Waals surface area contributed by atoms with Crippen LogP contribution in [0, 0.1) is 13.8 Å². The lowest BCUT2D eigenvalue weighted by atomic mass is 10.2. The maximum atomic E-state index is 12.2. The van der Waals surface area contributed by atoms with Gasteiger partial charge in [0.1, 0.15) is 4.88 Å². The third-order valence-electron chi connectivity index (χ3n) is 3.56. The maximum Gasteiger partial charge on any atom is 0.265 e. The van der Waals surface area contributed by atoms with Gasteiger partial charge in [-0.3, -0.25) is 9.48 Å². The molecule has 0 aliphatic carbocycles. The summed E-state index contributed by atoms with van der Waals surface area (Å²) in [5.74, 6) is -0.129. The highest BCUT2D eigenvalue weighted by Crippen LogP contribution is 2.15. The van der Waals surface area contributed by atoms with Gasteiger partial charge < -0.3 is 10.1 Å². The zero-order valence-electron chi connectivity index (χ0n) is 13.3. The first-order valence-corrected chi connectivity index (χ1v) is 7.97. The Morgan fingerprint density at radius 1 is 1.41 bits per heavy atom. The summed E-state index contributed by atoms with van der Waals surface area (Å²) in [6.45, 7) is 7.68. The summed E-state index contributed by atoms with van der Waals surface area (Å²) in [6.07, 6.45) is 0.701. The van der Waals surface area contributed by atoms with Gasteiger partial charge in [-0.25, -0.2) is 0 Å². The standard InChI is InChI=1S/C14H21N5O2S/c1-5-12-13(22-18-16-12)14(20)15-8-11-9(2)17-19(10(11)3)6-7-21-4/h5-8H2,1-4H3,(H,15,20). The van der Waals surface area contributed by atoms with Gasteiger partial charge in [-0.15, -0.1) is 5.10 Å². The summed E-state index contributed by atoms with van der Waals surface area (Å²) in [4.78, 5) is 12.8. The van der Waals surface area contributed by atoms with Gasteiger partial charge in [-0.05, 0) is 31.8 Å². The molecule has 0 unspecified atom stereocenters. The Kier molecular flexibility index (Phi) is 5.62. The quantitative estimate of drug-likeness (QED) is 0.835. The van der Waals surface area contributed by atoms with E-state index in [-0.39, 0.29) is 5.91 Å². The molecule has 0 aliphatic rings. The average Bonchev–Trinajstić information content (AvgIpc) is 3.08. The predicted octanol–water partition coefficient (Wildman–Crippen LogP) is 1.49. The van der Waals surface area contributed by atoms with E-state index < -0.39 is 0 Å². The van der Waals surface area contributed by atoms with Gasteiger partial charge in [-0.2, -0.15) is 5.10 Å². The molecule has 2 aromatic heterocycles. The molecule has 0 fully saturated rings. The van der Waals surface area contributed by atoms with Crippen LogP contribution in [-0.2, 0) is 24.2 Å². The summed E-state index contributed by atoms with van der Waals surface area (Å²) in [6, 6.07) is 0. The molecule has 2 heterocycles. The number of rotatable bonds is 7. The smallest absolute Gasteiger partial charge is 0.265 e. The van der Waals surface area contributed by atoms with Crippen molar-refractivity contribution >= 4 is 17.4 Å². The van der Waals surface area contributed by atoms with Gasteiger partial charge in [0.15, 0.2) is 0 Å². The molecule has 0 radical (unpaired) electrons. The van der Waals surface area contributed by atoms with E-state index in [1.807, 2.05) is 25.5 Å². The molecule has 7 nitrogen and oxygen atoms in total. The van der Waals surface area contributed by atoms with Crippen LogP contribution in [0.4, 0.5) is 0 Å². The normalized spacial score (nSPS) is 10.9. The van der Waals surface area contributed by atoms with E-state index in [2.05, 4.69) is 20.0 Å². The topological polar surface area (TPSA) is 81.9 Å². The van der Waals surface area contributed by atoms with Gasteiger partial charge in [0.25, 0.3) is 5.91 Å². The summed E-state index contributed by atoms with van der Waals surface area (Å²) < 4.78 is 10.8. The molecule has 8 heteroatoms. The van der Waals surface area contributed by atoms with Crippen molar-refractivity contribution in [3.63, 3.8) is 0 Å².